The number of nitrogens with one attached hydrogen (secondary N) is 2. The zero-order valence-electron chi connectivity index (χ0n) is 14.5. The fraction of sp³-hybridized carbons (Fsp3) is 0.235. The van der Waals surface area contributed by atoms with Crippen molar-refractivity contribution in [1.82, 2.24) is 19.7 Å². The van der Waals surface area contributed by atoms with Crippen LogP contribution in [0.1, 0.15) is 11.1 Å². The molecule has 0 fully saturated rings. The average molecular weight is 372 g/mol. The molecule has 0 spiro atoms. The first kappa shape index (κ1) is 18.0. The number of hydrogen-bond donors (Lipinski definition) is 3. The molecule has 2 heterocycles. The van der Waals surface area contributed by atoms with E-state index in [9.17, 15) is 8.42 Å². The maximum atomic E-state index is 12.5. The summed E-state index contributed by atoms with van der Waals surface area (Å²) in [6.45, 7) is 4.21. The molecule has 0 aliphatic carbocycles. The number of aromatic nitrogens is 3. The zero-order valence-corrected chi connectivity index (χ0v) is 15.3. The summed E-state index contributed by atoms with van der Waals surface area (Å²) in [5.74, 6) is 0.955. The molecule has 0 unspecified atom stereocenters. The lowest BCUT2D eigenvalue weighted by Gasteiger charge is -2.11. The van der Waals surface area contributed by atoms with E-state index in [1.807, 2.05) is 13.0 Å². The van der Waals surface area contributed by atoms with Crippen molar-refractivity contribution in [1.29, 1.82) is 0 Å². The molecule has 2 aromatic heterocycles. The van der Waals surface area contributed by atoms with Gasteiger partial charge in [0.05, 0.1) is 10.3 Å². The normalized spacial score (nSPS) is 11.6. The van der Waals surface area contributed by atoms with E-state index in [1.54, 1.807) is 31.2 Å². The van der Waals surface area contributed by atoms with Crippen molar-refractivity contribution in [2.75, 3.05) is 24.1 Å². The second-order valence-corrected chi connectivity index (χ2v) is 7.66. The lowest BCUT2D eigenvalue weighted by atomic mass is 10.2. The molecule has 3 rings (SSSR count). The van der Waals surface area contributed by atoms with Crippen LogP contribution in [0.4, 0.5) is 11.6 Å². The molecule has 9 heteroatoms. The average Bonchev–Trinajstić information content (AvgIpc) is 2.60. The Bertz CT molecular complexity index is 1050. The van der Waals surface area contributed by atoms with Crippen LogP contribution in [0.2, 0.25) is 0 Å². The highest BCUT2D eigenvalue weighted by Gasteiger charge is 2.16. The molecule has 0 saturated heterocycles. The van der Waals surface area contributed by atoms with Crippen LogP contribution in [0.5, 0.6) is 0 Å². The van der Waals surface area contributed by atoms with E-state index >= 15 is 0 Å². The Kier molecular flexibility index (Phi) is 5.01. The molecule has 4 N–H and O–H groups in total. The Morgan fingerprint density at radius 2 is 1.88 bits per heavy atom. The van der Waals surface area contributed by atoms with Gasteiger partial charge < -0.3 is 11.1 Å². The maximum Gasteiger partial charge on any atom is 0.240 e. The second kappa shape index (κ2) is 7.22. The van der Waals surface area contributed by atoms with Gasteiger partial charge in [-0.15, -0.1) is 0 Å². The summed E-state index contributed by atoms with van der Waals surface area (Å²) in [7, 11) is -3.57. The minimum absolute atomic E-state index is 0.212. The Labute approximate surface area is 151 Å². The van der Waals surface area contributed by atoms with Gasteiger partial charge in [0.2, 0.25) is 10.0 Å². The molecule has 8 nitrogen and oxygen atoms in total. The third-order valence-corrected chi connectivity index (χ3v) is 5.46. The summed E-state index contributed by atoms with van der Waals surface area (Å²) in [5.41, 5.74) is 7.74. The van der Waals surface area contributed by atoms with Crippen LogP contribution in [-0.2, 0) is 10.0 Å². The van der Waals surface area contributed by atoms with Gasteiger partial charge in [0.25, 0.3) is 0 Å². The molecule has 0 bridgehead atoms. The number of fused-ring (bicyclic) bond motifs is 1. The van der Waals surface area contributed by atoms with Crippen molar-refractivity contribution in [3.8, 4) is 0 Å². The Morgan fingerprint density at radius 1 is 1.08 bits per heavy atom. The van der Waals surface area contributed by atoms with Gasteiger partial charge in [0, 0.05) is 13.1 Å². The third-order valence-electron chi connectivity index (χ3n) is 3.86. The number of sulfonamides is 1. The number of anilines is 2. The number of hydrogen-bond acceptors (Lipinski definition) is 7. The van der Waals surface area contributed by atoms with Crippen molar-refractivity contribution in [2.45, 2.75) is 18.7 Å². The molecular weight excluding hydrogens is 352 g/mol. The Morgan fingerprint density at radius 3 is 2.69 bits per heavy atom. The molecule has 1 aromatic carbocycles. The first-order chi connectivity index (χ1) is 12.4. The molecule has 0 aliphatic rings. The predicted octanol–water partition coefficient (Wildman–Crippen LogP) is 1.61. The highest BCUT2D eigenvalue weighted by molar-refractivity contribution is 7.89. The number of pyridine rings is 1. The van der Waals surface area contributed by atoms with Gasteiger partial charge in [-0.1, -0.05) is 12.1 Å². The predicted molar refractivity (Wildman–Crippen MR) is 101 cm³/mol. The van der Waals surface area contributed by atoms with Crippen LogP contribution < -0.4 is 15.8 Å². The number of nitrogens with two attached hydrogens (primary N) is 1. The quantitative estimate of drug-likeness (QED) is 0.562. The van der Waals surface area contributed by atoms with Crippen LogP contribution in [0.3, 0.4) is 0 Å². The molecule has 3 aromatic rings. The summed E-state index contributed by atoms with van der Waals surface area (Å²) in [5, 5.41) is 3.82. The summed E-state index contributed by atoms with van der Waals surface area (Å²) in [6.07, 6.45) is 1.39. The summed E-state index contributed by atoms with van der Waals surface area (Å²) in [6, 6.07) is 8.80. The second-order valence-electron chi connectivity index (χ2n) is 5.92. The van der Waals surface area contributed by atoms with Crippen molar-refractivity contribution in [3.05, 3.63) is 47.8 Å². The number of aryl methyl sites for hydroxylation is 2. The number of rotatable bonds is 6. The van der Waals surface area contributed by atoms with Crippen LogP contribution in [0, 0.1) is 13.8 Å². The number of nitrogens with zero attached hydrogens (tertiary/aromatic N) is 3. The van der Waals surface area contributed by atoms with Gasteiger partial charge in [0.15, 0.2) is 5.65 Å². The van der Waals surface area contributed by atoms with Gasteiger partial charge in [-0.3, -0.25) is 0 Å². The maximum absolute atomic E-state index is 12.5. The molecule has 26 heavy (non-hydrogen) atoms. The van der Waals surface area contributed by atoms with Crippen LogP contribution in [-0.4, -0.2) is 36.5 Å². The molecule has 0 aliphatic heterocycles. The lowest BCUT2D eigenvalue weighted by molar-refractivity contribution is 0.582. The Hall–Kier alpha value is -2.78. The van der Waals surface area contributed by atoms with E-state index in [4.69, 9.17) is 5.73 Å². The first-order valence-corrected chi connectivity index (χ1v) is 9.53. The molecule has 0 radical (unpaired) electrons. The molecule has 0 amide bonds. The minimum Gasteiger partial charge on any atom is -0.384 e. The summed E-state index contributed by atoms with van der Waals surface area (Å²) >= 11 is 0. The van der Waals surface area contributed by atoms with E-state index < -0.39 is 10.0 Å². The van der Waals surface area contributed by atoms with Crippen molar-refractivity contribution in [2.24, 2.45) is 0 Å². The summed E-state index contributed by atoms with van der Waals surface area (Å²) < 4.78 is 27.6. The lowest BCUT2D eigenvalue weighted by Crippen LogP contribution is -2.29. The summed E-state index contributed by atoms with van der Waals surface area (Å²) in [4.78, 5) is 12.7. The molecular formula is C17H20N6O2S. The topological polar surface area (TPSA) is 123 Å². The largest absolute Gasteiger partial charge is 0.384 e. The smallest absolute Gasteiger partial charge is 0.240 e. The van der Waals surface area contributed by atoms with Gasteiger partial charge in [-0.25, -0.2) is 28.1 Å². The van der Waals surface area contributed by atoms with Gasteiger partial charge in [-0.2, -0.15) is 0 Å². The van der Waals surface area contributed by atoms with E-state index in [0.717, 1.165) is 10.9 Å². The van der Waals surface area contributed by atoms with E-state index in [-0.39, 0.29) is 6.54 Å². The third kappa shape index (κ3) is 3.89. The molecule has 0 atom stereocenters. The standard InChI is InChI=1S/C17H20N6O2S/c1-11-3-4-12(2)14(9-11)26(24,25)22-8-7-19-16-13-5-6-15(18)23-17(13)21-10-20-16/h3-6,9-10,22H,7-8H2,1-2H3,(H3,18,19,20,21,23). The fourth-order valence-corrected chi connectivity index (χ4v) is 3.90. The fourth-order valence-electron chi connectivity index (χ4n) is 2.54. The highest BCUT2D eigenvalue weighted by Crippen LogP contribution is 2.18. The molecule has 0 saturated carbocycles. The zero-order chi connectivity index (χ0) is 18.7. The Balaban J connectivity index is 1.67. The van der Waals surface area contributed by atoms with E-state index in [0.29, 0.717) is 34.3 Å². The van der Waals surface area contributed by atoms with Crippen molar-refractivity contribution in [3.63, 3.8) is 0 Å². The van der Waals surface area contributed by atoms with Crippen molar-refractivity contribution >= 4 is 32.7 Å². The van der Waals surface area contributed by atoms with E-state index in [1.165, 1.54) is 6.33 Å². The van der Waals surface area contributed by atoms with Crippen molar-refractivity contribution < 1.29 is 8.42 Å². The number of nitrogen functional groups attached to an aromatic ring is 1. The van der Waals surface area contributed by atoms with Gasteiger partial charge in [0.1, 0.15) is 18.0 Å². The number of benzene rings is 1. The minimum atomic E-state index is -3.57. The van der Waals surface area contributed by atoms with Gasteiger partial charge >= 0.3 is 0 Å². The molecule has 136 valence electrons. The van der Waals surface area contributed by atoms with E-state index in [2.05, 4.69) is 25.0 Å². The van der Waals surface area contributed by atoms with Crippen LogP contribution in [0.25, 0.3) is 11.0 Å². The van der Waals surface area contributed by atoms with Gasteiger partial charge in [-0.05, 0) is 43.2 Å². The monoisotopic (exact) mass is 372 g/mol. The van der Waals surface area contributed by atoms with Crippen LogP contribution >= 0.6 is 0 Å². The van der Waals surface area contributed by atoms with Crippen LogP contribution in [0.15, 0.2) is 41.6 Å². The SMILES string of the molecule is Cc1ccc(C)c(S(=O)(=O)NCCNc2ncnc3nc(N)ccc23)c1. The first-order valence-electron chi connectivity index (χ1n) is 8.05. The highest BCUT2D eigenvalue weighted by atomic mass is 32.2.